The van der Waals surface area contributed by atoms with Crippen LogP contribution in [0.2, 0.25) is 0 Å². The average molecular weight is 283 g/mol. The molecular weight excluding hydrogens is 266 g/mol. The van der Waals surface area contributed by atoms with Gasteiger partial charge < -0.3 is 14.8 Å². The van der Waals surface area contributed by atoms with Crippen molar-refractivity contribution >= 4 is 22.7 Å². The Kier molecular flexibility index (Phi) is 3.48. The topological polar surface area (TPSA) is 54.3 Å². The lowest BCUT2D eigenvalue weighted by Gasteiger charge is -2.38. The van der Waals surface area contributed by atoms with Gasteiger partial charge in [0.2, 0.25) is 11.8 Å². The highest BCUT2D eigenvalue weighted by Gasteiger charge is 2.30. The summed E-state index contributed by atoms with van der Waals surface area (Å²) in [5.41, 5.74) is 1.05. The lowest BCUT2D eigenvalue weighted by molar-refractivity contribution is -0.133. The standard InChI is InChI=1S/C16H17N3O2/c1-2-16(21)19-9-13(10-19)17-15(20)11-18-8-7-12-5-3-4-6-14(12)18/h2-8,13H,1,9-11H2,(H,17,20). The van der Waals surface area contributed by atoms with E-state index in [4.69, 9.17) is 0 Å². The lowest BCUT2D eigenvalue weighted by Crippen LogP contribution is -2.61. The number of hydrogen-bond acceptors (Lipinski definition) is 2. The number of nitrogens with one attached hydrogen (secondary N) is 1. The molecule has 21 heavy (non-hydrogen) atoms. The maximum Gasteiger partial charge on any atom is 0.246 e. The van der Waals surface area contributed by atoms with Crippen LogP contribution in [0.5, 0.6) is 0 Å². The van der Waals surface area contributed by atoms with Crippen molar-refractivity contribution in [2.24, 2.45) is 0 Å². The fraction of sp³-hybridized carbons (Fsp3) is 0.250. The predicted octanol–water partition coefficient (Wildman–Crippen LogP) is 1.15. The van der Waals surface area contributed by atoms with Crippen LogP contribution in [0.4, 0.5) is 0 Å². The zero-order valence-electron chi connectivity index (χ0n) is 11.7. The molecule has 0 saturated carbocycles. The second-order valence-electron chi connectivity index (χ2n) is 5.21. The molecule has 2 heterocycles. The minimum absolute atomic E-state index is 0.0351. The number of para-hydroxylation sites is 1. The first-order valence-corrected chi connectivity index (χ1v) is 6.92. The predicted molar refractivity (Wildman–Crippen MR) is 80.6 cm³/mol. The van der Waals surface area contributed by atoms with E-state index in [1.54, 1.807) is 4.90 Å². The summed E-state index contributed by atoms with van der Waals surface area (Å²) in [7, 11) is 0. The monoisotopic (exact) mass is 283 g/mol. The summed E-state index contributed by atoms with van der Waals surface area (Å²) in [6.07, 6.45) is 3.21. The Balaban J connectivity index is 1.56. The van der Waals surface area contributed by atoms with Gasteiger partial charge in [-0.25, -0.2) is 0 Å². The Morgan fingerprint density at radius 3 is 2.81 bits per heavy atom. The average Bonchev–Trinajstić information content (AvgIpc) is 2.85. The Labute approximate surface area is 122 Å². The number of hydrogen-bond donors (Lipinski definition) is 1. The number of rotatable bonds is 4. The lowest BCUT2D eigenvalue weighted by atomic mass is 10.1. The van der Waals surface area contributed by atoms with Gasteiger partial charge in [-0.05, 0) is 23.6 Å². The van der Waals surface area contributed by atoms with Crippen molar-refractivity contribution in [2.75, 3.05) is 13.1 Å². The molecule has 0 radical (unpaired) electrons. The van der Waals surface area contributed by atoms with Gasteiger partial charge >= 0.3 is 0 Å². The van der Waals surface area contributed by atoms with Gasteiger partial charge in [0, 0.05) is 24.8 Å². The third kappa shape index (κ3) is 2.67. The molecule has 0 spiro atoms. The van der Waals surface area contributed by atoms with Crippen molar-refractivity contribution in [1.29, 1.82) is 0 Å². The molecule has 2 aromatic rings. The summed E-state index contributed by atoms with van der Waals surface area (Å²) in [5, 5.41) is 4.06. The highest BCUT2D eigenvalue weighted by molar-refractivity contribution is 5.88. The Morgan fingerprint density at radius 2 is 2.05 bits per heavy atom. The number of nitrogens with zero attached hydrogens (tertiary/aromatic N) is 2. The van der Waals surface area contributed by atoms with Gasteiger partial charge in [-0.1, -0.05) is 24.8 Å². The van der Waals surface area contributed by atoms with Crippen LogP contribution in [0.1, 0.15) is 0 Å². The fourth-order valence-electron chi connectivity index (χ4n) is 2.59. The molecule has 1 fully saturated rings. The molecule has 1 aliphatic rings. The number of benzene rings is 1. The van der Waals surface area contributed by atoms with Crippen molar-refractivity contribution in [3.8, 4) is 0 Å². The van der Waals surface area contributed by atoms with Gasteiger partial charge in [-0.15, -0.1) is 0 Å². The zero-order valence-corrected chi connectivity index (χ0v) is 11.7. The van der Waals surface area contributed by atoms with Crippen LogP contribution in [-0.2, 0) is 16.1 Å². The minimum Gasteiger partial charge on any atom is -0.348 e. The van der Waals surface area contributed by atoms with Gasteiger partial charge in [-0.2, -0.15) is 0 Å². The molecule has 5 heteroatoms. The second kappa shape index (κ2) is 5.44. The van der Waals surface area contributed by atoms with Crippen LogP contribution in [0.25, 0.3) is 10.9 Å². The van der Waals surface area contributed by atoms with Crippen molar-refractivity contribution in [1.82, 2.24) is 14.8 Å². The maximum absolute atomic E-state index is 12.0. The SMILES string of the molecule is C=CC(=O)N1CC(NC(=O)Cn2ccc3ccccc32)C1. The van der Waals surface area contributed by atoms with Crippen molar-refractivity contribution in [3.05, 3.63) is 49.2 Å². The Bertz CT molecular complexity index is 698. The zero-order chi connectivity index (χ0) is 14.8. The number of carbonyl (C=O) groups is 2. The van der Waals surface area contributed by atoms with Crippen LogP contribution in [0, 0.1) is 0 Å². The maximum atomic E-state index is 12.0. The van der Waals surface area contributed by atoms with Crippen LogP contribution in [0.15, 0.2) is 49.2 Å². The van der Waals surface area contributed by atoms with Crippen molar-refractivity contribution in [2.45, 2.75) is 12.6 Å². The first-order valence-electron chi connectivity index (χ1n) is 6.92. The van der Waals surface area contributed by atoms with Crippen LogP contribution >= 0.6 is 0 Å². The molecule has 1 saturated heterocycles. The molecule has 0 bridgehead atoms. The summed E-state index contributed by atoms with van der Waals surface area (Å²) < 4.78 is 1.93. The molecule has 0 aliphatic carbocycles. The molecule has 1 N–H and O–H groups in total. The molecule has 1 aliphatic heterocycles. The van der Waals surface area contributed by atoms with Gasteiger partial charge in [-0.3, -0.25) is 9.59 Å². The van der Waals surface area contributed by atoms with E-state index in [-0.39, 0.29) is 17.9 Å². The third-order valence-electron chi connectivity index (χ3n) is 3.73. The van der Waals surface area contributed by atoms with E-state index in [1.165, 1.54) is 6.08 Å². The first kappa shape index (κ1) is 13.4. The number of fused-ring (bicyclic) bond motifs is 1. The van der Waals surface area contributed by atoms with Crippen molar-refractivity contribution < 1.29 is 9.59 Å². The molecule has 0 atom stereocenters. The number of amides is 2. The smallest absolute Gasteiger partial charge is 0.246 e. The van der Waals surface area contributed by atoms with E-state index >= 15 is 0 Å². The van der Waals surface area contributed by atoms with E-state index in [2.05, 4.69) is 11.9 Å². The molecule has 3 rings (SSSR count). The summed E-state index contributed by atoms with van der Waals surface area (Å²) in [6, 6.07) is 10.00. The highest BCUT2D eigenvalue weighted by Crippen LogP contribution is 2.15. The number of aromatic nitrogens is 1. The summed E-state index contributed by atoms with van der Waals surface area (Å²) >= 11 is 0. The van der Waals surface area contributed by atoms with E-state index in [1.807, 2.05) is 41.1 Å². The highest BCUT2D eigenvalue weighted by atomic mass is 16.2. The largest absolute Gasteiger partial charge is 0.348 e. The number of carbonyl (C=O) groups excluding carboxylic acids is 2. The molecule has 1 aromatic carbocycles. The fourth-order valence-corrected chi connectivity index (χ4v) is 2.59. The van der Waals surface area contributed by atoms with Crippen LogP contribution in [0.3, 0.4) is 0 Å². The van der Waals surface area contributed by atoms with Crippen molar-refractivity contribution in [3.63, 3.8) is 0 Å². The quantitative estimate of drug-likeness (QED) is 0.856. The minimum atomic E-state index is -0.0862. The Hall–Kier alpha value is -2.56. The molecule has 2 amide bonds. The van der Waals surface area contributed by atoms with E-state index in [0.29, 0.717) is 19.6 Å². The molecule has 1 aromatic heterocycles. The van der Waals surface area contributed by atoms with Gasteiger partial charge in [0.1, 0.15) is 6.54 Å². The van der Waals surface area contributed by atoms with Crippen LogP contribution in [-0.4, -0.2) is 40.4 Å². The van der Waals surface area contributed by atoms with E-state index in [0.717, 1.165) is 10.9 Å². The first-order chi connectivity index (χ1) is 10.2. The van der Waals surface area contributed by atoms with E-state index in [9.17, 15) is 9.59 Å². The Morgan fingerprint density at radius 1 is 1.29 bits per heavy atom. The van der Waals surface area contributed by atoms with Gasteiger partial charge in [0.15, 0.2) is 0 Å². The van der Waals surface area contributed by atoms with Crippen LogP contribution < -0.4 is 5.32 Å². The molecule has 108 valence electrons. The molecule has 0 unspecified atom stereocenters. The summed E-state index contributed by atoms with van der Waals surface area (Å²) in [5.74, 6) is -0.121. The normalized spacial score (nSPS) is 14.8. The van der Waals surface area contributed by atoms with Gasteiger partial charge in [0.05, 0.1) is 6.04 Å². The third-order valence-corrected chi connectivity index (χ3v) is 3.73. The summed E-state index contributed by atoms with van der Waals surface area (Å²) in [4.78, 5) is 25.0. The summed E-state index contributed by atoms with van der Waals surface area (Å²) in [6.45, 7) is 4.85. The second-order valence-corrected chi connectivity index (χ2v) is 5.21. The van der Waals surface area contributed by atoms with E-state index < -0.39 is 0 Å². The molecule has 5 nitrogen and oxygen atoms in total. The van der Waals surface area contributed by atoms with Gasteiger partial charge in [0.25, 0.3) is 0 Å². The molecular formula is C16H17N3O2. The number of likely N-dealkylation sites (tertiary alicyclic amines) is 1.